The Balaban J connectivity index is 2.25. The van der Waals surface area contributed by atoms with E-state index in [-0.39, 0.29) is 29.1 Å². The minimum absolute atomic E-state index is 0.0102. The van der Waals surface area contributed by atoms with Crippen molar-refractivity contribution in [3.05, 3.63) is 80.0 Å². The highest BCUT2D eigenvalue weighted by Gasteiger charge is 2.31. The molecule has 0 radical (unpaired) electrons. The molecule has 1 aromatic heterocycles. The summed E-state index contributed by atoms with van der Waals surface area (Å²) in [7, 11) is 0. The molecule has 9 heteroatoms. The molecule has 0 amide bonds. The summed E-state index contributed by atoms with van der Waals surface area (Å²) in [5.41, 5.74) is 1.61. The lowest BCUT2D eigenvalue weighted by atomic mass is 10.0. The van der Waals surface area contributed by atoms with E-state index >= 15 is 0 Å². The van der Waals surface area contributed by atoms with Gasteiger partial charge in [-0.25, -0.2) is 14.2 Å². The van der Waals surface area contributed by atoms with Crippen molar-refractivity contribution < 1.29 is 13.9 Å². The largest absolute Gasteiger partial charge is 0.461 e. The molecule has 1 unspecified atom stereocenters. The maximum atomic E-state index is 14.8. The molecule has 31 heavy (non-hydrogen) atoms. The van der Waals surface area contributed by atoms with Gasteiger partial charge in [-0.05, 0) is 66.5 Å². The second-order valence-electron chi connectivity index (χ2n) is 7.03. The standard InChI is InChI=1S/C22H21BrCl2FN3O2/c1-4-31-21(30)19-20(29(12(2)3)22(23)28-19)18(13-8-10-14(24)11-9-13)27-16-7-5-6-15(25)17(16)26/h5-12,18,27H,4H2,1-3H3. The van der Waals surface area contributed by atoms with E-state index in [1.165, 1.54) is 6.07 Å². The molecule has 0 bridgehead atoms. The van der Waals surface area contributed by atoms with Crippen molar-refractivity contribution >= 4 is 50.8 Å². The Morgan fingerprint density at radius 1 is 1.23 bits per heavy atom. The van der Waals surface area contributed by atoms with Gasteiger partial charge in [0, 0.05) is 11.1 Å². The van der Waals surface area contributed by atoms with Crippen LogP contribution in [0.5, 0.6) is 0 Å². The molecule has 0 aliphatic heterocycles. The number of carbonyl (C=O) groups excluding carboxylic acids is 1. The first-order valence-electron chi connectivity index (χ1n) is 9.65. The van der Waals surface area contributed by atoms with Crippen LogP contribution < -0.4 is 5.32 Å². The number of carbonyl (C=O) groups is 1. The lowest BCUT2D eigenvalue weighted by molar-refractivity contribution is 0.0518. The zero-order chi connectivity index (χ0) is 22.7. The summed E-state index contributed by atoms with van der Waals surface area (Å²) in [6.45, 7) is 5.85. The number of benzene rings is 2. The van der Waals surface area contributed by atoms with Gasteiger partial charge in [0.1, 0.15) is 0 Å². The molecule has 3 rings (SSSR count). The number of aromatic nitrogens is 2. The molecule has 0 saturated heterocycles. The summed E-state index contributed by atoms with van der Waals surface area (Å²) in [4.78, 5) is 17.2. The minimum Gasteiger partial charge on any atom is -0.461 e. The van der Waals surface area contributed by atoms with Crippen LogP contribution in [0.15, 0.2) is 47.2 Å². The van der Waals surface area contributed by atoms with Gasteiger partial charge in [-0.1, -0.05) is 41.4 Å². The number of hydrogen-bond acceptors (Lipinski definition) is 4. The van der Waals surface area contributed by atoms with Gasteiger partial charge in [0.25, 0.3) is 0 Å². The summed E-state index contributed by atoms with van der Waals surface area (Å²) in [6, 6.07) is 11.1. The average Bonchev–Trinajstić information content (AvgIpc) is 3.07. The number of anilines is 1. The highest BCUT2D eigenvalue weighted by Crippen LogP contribution is 2.36. The van der Waals surface area contributed by atoms with Crippen LogP contribution in [-0.4, -0.2) is 22.1 Å². The monoisotopic (exact) mass is 527 g/mol. The third kappa shape index (κ3) is 5.05. The minimum atomic E-state index is -0.647. The van der Waals surface area contributed by atoms with Crippen LogP contribution in [0.3, 0.4) is 0 Å². The van der Waals surface area contributed by atoms with E-state index < -0.39 is 17.8 Å². The molecule has 2 aromatic carbocycles. The smallest absolute Gasteiger partial charge is 0.358 e. The van der Waals surface area contributed by atoms with Gasteiger partial charge in [-0.15, -0.1) is 0 Å². The van der Waals surface area contributed by atoms with E-state index in [0.717, 1.165) is 5.56 Å². The van der Waals surface area contributed by atoms with E-state index in [2.05, 4.69) is 26.2 Å². The summed E-state index contributed by atoms with van der Waals surface area (Å²) >= 11 is 15.5. The van der Waals surface area contributed by atoms with Gasteiger partial charge < -0.3 is 14.6 Å². The molecule has 1 N–H and O–H groups in total. The van der Waals surface area contributed by atoms with Gasteiger partial charge in [-0.2, -0.15) is 0 Å². The highest BCUT2D eigenvalue weighted by atomic mass is 79.9. The van der Waals surface area contributed by atoms with Crippen LogP contribution >= 0.6 is 39.1 Å². The maximum absolute atomic E-state index is 14.8. The number of halogens is 4. The first-order valence-corrected chi connectivity index (χ1v) is 11.2. The predicted octanol–water partition coefficient (Wildman–Crippen LogP) is 7.05. The van der Waals surface area contributed by atoms with E-state index in [0.29, 0.717) is 15.5 Å². The van der Waals surface area contributed by atoms with E-state index in [1.807, 2.05) is 30.5 Å². The van der Waals surface area contributed by atoms with Crippen LogP contribution in [0.25, 0.3) is 0 Å². The van der Waals surface area contributed by atoms with Crippen molar-refractivity contribution in [1.82, 2.24) is 9.55 Å². The molecule has 0 fully saturated rings. The fourth-order valence-corrected chi connectivity index (χ4v) is 4.35. The number of rotatable bonds is 7. The third-order valence-corrected chi connectivity index (χ3v) is 5.72. The van der Waals surface area contributed by atoms with Gasteiger partial charge in [0.2, 0.25) is 0 Å². The van der Waals surface area contributed by atoms with Crippen LogP contribution in [0, 0.1) is 5.82 Å². The third-order valence-electron chi connectivity index (χ3n) is 4.62. The predicted molar refractivity (Wildman–Crippen MR) is 125 cm³/mol. The number of nitrogens with one attached hydrogen (secondary N) is 1. The molecule has 0 saturated carbocycles. The van der Waals surface area contributed by atoms with Crippen molar-refractivity contribution in [3.8, 4) is 0 Å². The van der Waals surface area contributed by atoms with Crippen molar-refractivity contribution in [3.63, 3.8) is 0 Å². The zero-order valence-corrected chi connectivity index (χ0v) is 20.2. The Labute approximate surface area is 198 Å². The van der Waals surface area contributed by atoms with Gasteiger partial charge >= 0.3 is 5.97 Å². The Morgan fingerprint density at radius 2 is 1.90 bits per heavy atom. The lowest BCUT2D eigenvalue weighted by Crippen LogP contribution is -2.22. The van der Waals surface area contributed by atoms with Crippen LogP contribution in [-0.2, 0) is 4.74 Å². The summed E-state index contributed by atoms with van der Waals surface area (Å²) in [6.07, 6.45) is 0. The van der Waals surface area contributed by atoms with Gasteiger partial charge in [-0.3, -0.25) is 0 Å². The molecular weight excluding hydrogens is 508 g/mol. The number of nitrogens with zero attached hydrogens (tertiary/aromatic N) is 2. The zero-order valence-electron chi connectivity index (χ0n) is 17.1. The summed E-state index contributed by atoms with van der Waals surface area (Å²) in [5.74, 6) is -1.15. The van der Waals surface area contributed by atoms with Crippen LogP contribution in [0.2, 0.25) is 10.0 Å². The molecule has 0 aliphatic carbocycles. The Bertz CT molecular complexity index is 1090. The van der Waals surface area contributed by atoms with E-state index in [9.17, 15) is 9.18 Å². The normalized spacial score (nSPS) is 12.1. The van der Waals surface area contributed by atoms with Crippen molar-refractivity contribution in [2.45, 2.75) is 32.9 Å². The summed E-state index contributed by atoms with van der Waals surface area (Å²) < 4.78 is 22.3. The van der Waals surface area contributed by atoms with Crippen molar-refractivity contribution in [1.29, 1.82) is 0 Å². The Kier molecular flexibility index (Phi) is 7.62. The van der Waals surface area contributed by atoms with Gasteiger partial charge in [0.05, 0.1) is 29.1 Å². The first kappa shape index (κ1) is 23.6. The maximum Gasteiger partial charge on any atom is 0.358 e. The fourth-order valence-electron chi connectivity index (χ4n) is 3.27. The molecule has 3 aromatic rings. The molecule has 0 aliphatic rings. The molecule has 0 spiro atoms. The summed E-state index contributed by atoms with van der Waals surface area (Å²) in [5, 5.41) is 3.74. The fraction of sp³-hybridized carbons (Fsp3) is 0.273. The molecule has 164 valence electrons. The number of imidazole rings is 1. The Hall–Kier alpha value is -2.09. The Morgan fingerprint density at radius 3 is 2.52 bits per heavy atom. The number of esters is 1. The lowest BCUT2D eigenvalue weighted by Gasteiger charge is -2.25. The van der Waals surface area contributed by atoms with Crippen LogP contribution in [0.1, 0.15) is 54.6 Å². The number of hydrogen-bond donors (Lipinski definition) is 1. The van der Waals surface area contributed by atoms with E-state index in [4.69, 9.17) is 27.9 Å². The molecule has 5 nitrogen and oxygen atoms in total. The first-order chi connectivity index (χ1) is 14.7. The highest BCUT2D eigenvalue weighted by molar-refractivity contribution is 9.10. The average molecular weight is 529 g/mol. The second-order valence-corrected chi connectivity index (χ2v) is 8.58. The van der Waals surface area contributed by atoms with Crippen LogP contribution in [0.4, 0.5) is 10.1 Å². The molecule has 1 atom stereocenters. The SMILES string of the molecule is CCOC(=O)c1nc(Br)n(C(C)C)c1C(Nc1cccc(Cl)c1F)c1ccc(Cl)cc1. The van der Waals surface area contributed by atoms with Crippen molar-refractivity contribution in [2.75, 3.05) is 11.9 Å². The topological polar surface area (TPSA) is 56.1 Å². The number of ether oxygens (including phenoxy) is 1. The molecule has 1 heterocycles. The second kappa shape index (κ2) is 10.0. The van der Waals surface area contributed by atoms with E-state index in [1.54, 1.807) is 31.2 Å². The van der Waals surface area contributed by atoms with Crippen molar-refractivity contribution in [2.24, 2.45) is 0 Å². The molecular formula is C22H21BrCl2FN3O2. The quantitative estimate of drug-likeness (QED) is 0.334. The van der Waals surface area contributed by atoms with Gasteiger partial charge in [0.15, 0.2) is 16.2 Å².